The molecule has 1 aromatic rings. The van der Waals surface area contributed by atoms with E-state index >= 15 is 0 Å². The van der Waals surface area contributed by atoms with E-state index in [1.807, 2.05) is 11.3 Å². The number of thiophene rings is 1. The lowest BCUT2D eigenvalue weighted by Gasteiger charge is -2.19. The Morgan fingerprint density at radius 2 is 2.25 bits per heavy atom. The van der Waals surface area contributed by atoms with Crippen LogP contribution >= 0.6 is 11.3 Å². The molecule has 0 spiro atoms. The molecule has 0 bridgehead atoms. The SMILES string of the molecule is C[Si](C)(CCC[Si])c1cccs1. The van der Waals surface area contributed by atoms with Crippen molar-refractivity contribution in [1.29, 1.82) is 0 Å². The Kier molecular flexibility index (Phi) is 3.74. The summed E-state index contributed by atoms with van der Waals surface area (Å²) in [4.78, 5) is 0. The van der Waals surface area contributed by atoms with E-state index in [1.165, 1.54) is 12.5 Å². The van der Waals surface area contributed by atoms with Crippen molar-refractivity contribution in [2.45, 2.75) is 31.6 Å². The molecular weight excluding hydrogens is 196 g/mol. The smallest absolute Gasteiger partial charge is 0.0934 e. The molecule has 0 nitrogen and oxygen atoms in total. The summed E-state index contributed by atoms with van der Waals surface area (Å²) in [5.74, 6) is 0. The van der Waals surface area contributed by atoms with Crippen LogP contribution in [0.25, 0.3) is 0 Å². The van der Waals surface area contributed by atoms with E-state index in [1.54, 1.807) is 4.50 Å². The molecule has 1 heterocycles. The molecule has 12 heavy (non-hydrogen) atoms. The van der Waals surface area contributed by atoms with Crippen LogP contribution in [0.15, 0.2) is 17.5 Å². The van der Waals surface area contributed by atoms with E-state index in [9.17, 15) is 0 Å². The molecule has 65 valence electrons. The normalized spacial score (nSPS) is 11.9. The largest absolute Gasteiger partial charge is 0.154 e. The third-order valence-corrected chi connectivity index (χ3v) is 8.32. The Morgan fingerprint density at radius 3 is 2.75 bits per heavy atom. The first-order chi connectivity index (χ1) is 5.67. The summed E-state index contributed by atoms with van der Waals surface area (Å²) in [5.41, 5.74) is 0. The average molecular weight is 211 g/mol. The van der Waals surface area contributed by atoms with Crippen LogP contribution in [0.3, 0.4) is 0 Å². The van der Waals surface area contributed by atoms with Crippen LogP contribution < -0.4 is 4.50 Å². The van der Waals surface area contributed by atoms with Gasteiger partial charge in [-0.05, 0) is 9.88 Å². The van der Waals surface area contributed by atoms with E-state index in [2.05, 4.69) is 40.8 Å². The van der Waals surface area contributed by atoms with Crippen molar-refractivity contribution in [2.24, 2.45) is 0 Å². The molecular formula is C9H15SSi2. The zero-order chi connectivity index (χ0) is 9.03. The molecule has 0 aromatic carbocycles. The van der Waals surface area contributed by atoms with Gasteiger partial charge in [0.2, 0.25) is 0 Å². The molecule has 3 radical (unpaired) electrons. The van der Waals surface area contributed by atoms with Crippen molar-refractivity contribution in [1.82, 2.24) is 0 Å². The summed E-state index contributed by atoms with van der Waals surface area (Å²) in [6.45, 7) is 4.92. The maximum Gasteiger partial charge on any atom is 0.0934 e. The zero-order valence-corrected chi connectivity index (χ0v) is 10.6. The lowest BCUT2D eigenvalue weighted by atomic mass is 10.6. The van der Waals surface area contributed by atoms with Crippen molar-refractivity contribution in [2.75, 3.05) is 0 Å². The molecule has 0 atom stereocenters. The minimum absolute atomic E-state index is 1.06. The molecule has 1 rings (SSSR count). The zero-order valence-electron chi connectivity index (χ0n) is 7.76. The minimum Gasteiger partial charge on any atom is -0.154 e. The van der Waals surface area contributed by atoms with Crippen LogP contribution in [0.5, 0.6) is 0 Å². The lowest BCUT2D eigenvalue weighted by molar-refractivity contribution is 1.05. The predicted molar refractivity (Wildman–Crippen MR) is 61.4 cm³/mol. The van der Waals surface area contributed by atoms with Gasteiger partial charge in [-0.2, -0.15) is 11.3 Å². The van der Waals surface area contributed by atoms with E-state index in [-0.39, 0.29) is 0 Å². The highest BCUT2D eigenvalue weighted by Crippen LogP contribution is 2.15. The van der Waals surface area contributed by atoms with Gasteiger partial charge in [0.25, 0.3) is 0 Å². The van der Waals surface area contributed by atoms with Crippen LogP contribution in [0.1, 0.15) is 6.42 Å². The maximum atomic E-state index is 3.54. The fourth-order valence-corrected chi connectivity index (χ4v) is 5.95. The number of hydrogen-bond acceptors (Lipinski definition) is 1. The van der Waals surface area contributed by atoms with Gasteiger partial charge >= 0.3 is 0 Å². The molecule has 3 heteroatoms. The highest BCUT2D eigenvalue weighted by atomic mass is 32.1. The Hall–Kier alpha value is 0.134. The molecule has 0 aliphatic heterocycles. The molecule has 0 N–H and O–H groups in total. The summed E-state index contributed by atoms with van der Waals surface area (Å²) in [6, 6.07) is 7.01. The van der Waals surface area contributed by atoms with Gasteiger partial charge in [-0.15, -0.1) is 0 Å². The summed E-state index contributed by atoms with van der Waals surface area (Å²) in [6.07, 6.45) is 1.31. The topological polar surface area (TPSA) is 0 Å². The monoisotopic (exact) mass is 211 g/mol. The first-order valence-corrected chi connectivity index (χ1v) is 9.15. The van der Waals surface area contributed by atoms with Crippen LogP contribution in [-0.4, -0.2) is 18.3 Å². The number of hydrogen-bond donors (Lipinski definition) is 0. The van der Waals surface area contributed by atoms with Crippen molar-refractivity contribution in [3.05, 3.63) is 17.5 Å². The summed E-state index contributed by atoms with van der Waals surface area (Å²) >= 11 is 1.93. The Labute approximate surface area is 83.4 Å². The van der Waals surface area contributed by atoms with Gasteiger partial charge in [0.15, 0.2) is 0 Å². The van der Waals surface area contributed by atoms with Crippen molar-refractivity contribution in [3.63, 3.8) is 0 Å². The quantitative estimate of drug-likeness (QED) is 0.672. The number of rotatable bonds is 4. The van der Waals surface area contributed by atoms with Crippen LogP contribution in [-0.2, 0) is 0 Å². The van der Waals surface area contributed by atoms with E-state index in [4.69, 9.17) is 0 Å². The van der Waals surface area contributed by atoms with Crippen LogP contribution in [0.4, 0.5) is 0 Å². The molecule has 0 unspecified atom stereocenters. The molecule has 0 aliphatic rings. The van der Waals surface area contributed by atoms with Gasteiger partial charge in [-0.25, -0.2) is 0 Å². The minimum atomic E-state index is -1.06. The van der Waals surface area contributed by atoms with Gasteiger partial charge in [-0.1, -0.05) is 43.7 Å². The van der Waals surface area contributed by atoms with Gasteiger partial charge in [0, 0.05) is 10.2 Å². The first-order valence-electron chi connectivity index (χ1n) is 4.35. The van der Waals surface area contributed by atoms with Crippen molar-refractivity contribution in [3.8, 4) is 0 Å². The second-order valence-electron chi connectivity index (χ2n) is 3.71. The third-order valence-electron chi connectivity index (χ3n) is 2.17. The predicted octanol–water partition coefficient (Wildman–Crippen LogP) is 2.64. The first kappa shape index (κ1) is 10.2. The van der Waals surface area contributed by atoms with Gasteiger partial charge < -0.3 is 0 Å². The maximum absolute atomic E-state index is 3.54. The summed E-state index contributed by atoms with van der Waals surface area (Å²) < 4.78 is 1.64. The van der Waals surface area contributed by atoms with Gasteiger partial charge in [0.05, 0.1) is 8.07 Å². The second kappa shape index (κ2) is 4.39. The van der Waals surface area contributed by atoms with Crippen molar-refractivity contribution >= 4 is 34.2 Å². The van der Waals surface area contributed by atoms with Crippen LogP contribution in [0, 0.1) is 0 Å². The third kappa shape index (κ3) is 2.57. The fourth-order valence-electron chi connectivity index (χ4n) is 1.32. The van der Waals surface area contributed by atoms with E-state index < -0.39 is 8.07 Å². The Bertz CT molecular complexity index is 216. The average Bonchev–Trinajstić information content (AvgIpc) is 2.53. The Balaban J connectivity index is 2.59. The van der Waals surface area contributed by atoms with E-state index in [0.717, 1.165) is 6.04 Å². The molecule has 0 saturated heterocycles. The molecule has 0 aliphatic carbocycles. The standard InChI is InChI=1S/C9H15SSi2/c1-12(2,8-4-7-11)9-5-3-6-10-9/h3,5-6H,4,7-8H2,1-2H3. The summed E-state index contributed by atoms with van der Waals surface area (Å²) in [7, 11) is 2.48. The Morgan fingerprint density at radius 1 is 1.50 bits per heavy atom. The van der Waals surface area contributed by atoms with Gasteiger partial charge in [0.1, 0.15) is 0 Å². The van der Waals surface area contributed by atoms with Gasteiger partial charge in [-0.3, -0.25) is 0 Å². The van der Waals surface area contributed by atoms with Crippen molar-refractivity contribution < 1.29 is 0 Å². The lowest BCUT2D eigenvalue weighted by Crippen LogP contribution is -2.38. The molecule has 0 fully saturated rings. The highest BCUT2D eigenvalue weighted by molar-refractivity contribution is 7.25. The van der Waals surface area contributed by atoms with E-state index in [0.29, 0.717) is 0 Å². The molecule has 0 saturated carbocycles. The second-order valence-corrected chi connectivity index (χ2v) is 10.3. The fraction of sp³-hybridized carbons (Fsp3) is 0.556. The molecule has 1 aromatic heterocycles. The molecule has 0 amide bonds. The highest BCUT2D eigenvalue weighted by Gasteiger charge is 2.23. The summed E-state index contributed by atoms with van der Waals surface area (Å²) in [5, 5.41) is 2.19. The van der Waals surface area contributed by atoms with Crippen LogP contribution in [0.2, 0.25) is 25.2 Å².